The van der Waals surface area contributed by atoms with Crippen LogP contribution in [0.25, 0.3) is 0 Å². The molecule has 13 heteroatoms. The zero-order chi connectivity index (χ0) is 22.0. The molecule has 8 nitrogen and oxygen atoms in total. The van der Waals surface area contributed by atoms with Gasteiger partial charge in [0, 0.05) is 18.8 Å². The molecule has 0 aliphatic heterocycles. The molecule has 0 aliphatic carbocycles. The van der Waals surface area contributed by atoms with Gasteiger partial charge < -0.3 is 9.88 Å². The van der Waals surface area contributed by atoms with E-state index in [0.29, 0.717) is 5.69 Å². The number of hydrogen-bond acceptors (Lipinski definition) is 6. The molecule has 0 saturated carbocycles. The van der Waals surface area contributed by atoms with Crippen molar-refractivity contribution in [3.8, 4) is 0 Å². The van der Waals surface area contributed by atoms with Crippen LogP contribution in [0.1, 0.15) is 26.6 Å². The molecule has 1 aromatic carbocycles. The zero-order valence-electron chi connectivity index (χ0n) is 16.0. The molecule has 1 amide bonds. The van der Waals surface area contributed by atoms with Crippen molar-refractivity contribution in [2.24, 2.45) is 7.05 Å². The monoisotopic (exact) mass is 451 g/mol. The molecule has 0 aliphatic rings. The maximum Gasteiger partial charge on any atom is 0.451 e. The first-order valence-corrected chi connectivity index (χ1v) is 10.7. The van der Waals surface area contributed by atoms with Gasteiger partial charge in [-0.25, -0.2) is 13.1 Å². The van der Waals surface area contributed by atoms with E-state index in [0.717, 1.165) is 16.3 Å². The van der Waals surface area contributed by atoms with Crippen LogP contribution in [0.2, 0.25) is 0 Å². The lowest BCUT2D eigenvalue weighted by atomic mass is 10.3. The first-order valence-electron chi connectivity index (χ1n) is 8.37. The van der Waals surface area contributed by atoms with Crippen molar-refractivity contribution < 1.29 is 26.4 Å². The highest BCUT2D eigenvalue weighted by atomic mass is 32.2. The minimum absolute atomic E-state index is 0.0467. The van der Waals surface area contributed by atoms with Crippen LogP contribution in [-0.2, 0) is 28.0 Å². The summed E-state index contributed by atoms with van der Waals surface area (Å²) < 4.78 is 65.7. The summed E-state index contributed by atoms with van der Waals surface area (Å²) in [5, 5.41) is 8.34. The predicted octanol–water partition coefficient (Wildman–Crippen LogP) is 2.64. The fourth-order valence-corrected chi connectivity index (χ4v) is 4.28. The lowest BCUT2D eigenvalue weighted by molar-refractivity contribution is -0.147. The van der Waals surface area contributed by atoms with Crippen LogP contribution in [0, 0.1) is 0 Å². The molecule has 2 N–H and O–H groups in total. The second kappa shape index (κ2) is 8.71. The Balaban J connectivity index is 2.04. The number of hydrogen-bond donors (Lipinski definition) is 2. The zero-order valence-corrected chi connectivity index (χ0v) is 17.6. The molecule has 160 valence electrons. The molecule has 0 saturated heterocycles. The smallest absolute Gasteiger partial charge is 0.325 e. The van der Waals surface area contributed by atoms with E-state index in [9.17, 15) is 26.4 Å². The molecule has 1 unspecified atom stereocenters. The van der Waals surface area contributed by atoms with Crippen molar-refractivity contribution in [2.75, 3.05) is 5.32 Å². The second-order valence-electron chi connectivity index (χ2n) is 6.41. The minimum atomic E-state index is -4.64. The third kappa shape index (κ3) is 5.93. The standard InChI is InChI=1S/C16H20F3N5O3S2/c1-9(2)23-29(26,27)12-7-5-11(6-8-12)20-13(25)10(3)28-15-22-21-14(24(15)4)16(17,18)19/h5-10,23H,1-4H3,(H,20,25). The van der Waals surface area contributed by atoms with E-state index in [1.54, 1.807) is 13.8 Å². The number of sulfonamides is 1. The van der Waals surface area contributed by atoms with Gasteiger partial charge in [-0.05, 0) is 45.0 Å². The first-order chi connectivity index (χ1) is 13.3. The van der Waals surface area contributed by atoms with Crippen LogP contribution in [-0.4, -0.2) is 40.4 Å². The molecule has 1 atom stereocenters. The number of aromatic nitrogens is 3. The Morgan fingerprint density at radius 2 is 1.72 bits per heavy atom. The van der Waals surface area contributed by atoms with E-state index in [2.05, 4.69) is 20.2 Å². The molecule has 1 aromatic heterocycles. The van der Waals surface area contributed by atoms with E-state index in [1.807, 2.05) is 0 Å². The highest BCUT2D eigenvalue weighted by Crippen LogP contribution is 2.31. The van der Waals surface area contributed by atoms with Gasteiger partial charge in [0.15, 0.2) is 5.16 Å². The van der Waals surface area contributed by atoms with Crippen LogP contribution in [0.3, 0.4) is 0 Å². The average Bonchev–Trinajstić information content (AvgIpc) is 2.95. The number of carbonyl (C=O) groups is 1. The van der Waals surface area contributed by atoms with Crippen LogP contribution >= 0.6 is 11.8 Å². The topological polar surface area (TPSA) is 106 Å². The largest absolute Gasteiger partial charge is 0.451 e. The molecule has 2 rings (SSSR count). The summed E-state index contributed by atoms with van der Waals surface area (Å²) in [6.07, 6.45) is -4.64. The molecule has 2 aromatic rings. The van der Waals surface area contributed by atoms with Crippen LogP contribution < -0.4 is 10.0 Å². The number of alkyl halides is 3. The van der Waals surface area contributed by atoms with Crippen molar-refractivity contribution in [1.29, 1.82) is 0 Å². The van der Waals surface area contributed by atoms with Gasteiger partial charge in [-0.3, -0.25) is 4.79 Å². The van der Waals surface area contributed by atoms with Gasteiger partial charge in [0.05, 0.1) is 10.1 Å². The summed E-state index contributed by atoms with van der Waals surface area (Å²) >= 11 is 0.820. The van der Waals surface area contributed by atoms with E-state index in [-0.39, 0.29) is 16.1 Å². The van der Waals surface area contributed by atoms with Crippen molar-refractivity contribution in [2.45, 2.75) is 48.3 Å². The third-order valence-electron chi connectivity index (χ3n) is 3.56. The Kier molecular flexibility index (Phi) is 6.96. The summed E-state index contributed by atoms with van der Waals surface area (Å²) in [5.74, 6) is -1.64. The Morgan fingerprint density at radius 1 is 1.14 bits per heavy atom. The number of rotatable bonds is 7. The molecular weight excluding hydrogens is 431 g/mol. The minimum Gasteiger partial charge on any atom is -0.325 e. The summed E-state index contributed by atoms with van der Waals surface area (Å²) in [4.78, 5) is 12.4. The summed E-state index contributed by atoms with van der Waals surface area (Å²) in [5.41, 5.74) is 0.347. The third-order valence-corrected chi connectivity index (χ3v) is 6.37. The number of halogens is 3. The van der Waals surface area contributed by atoms with Crippen molar-refractivity contribution in [3.63, 3.8) is 0 Å². The molecule has 0 spiro atoms. The molecule has 29 heavy (non-hydrogen) atoms. The summed E-state index contributed by atoms with van der Waals surface area (Å²) in [7, 11) is -2.49. The average molecular weight is 451 g/mol. The summed E-state index contributed by atoms with van der Waals surface area (Å²) in [6, 6.07) is 5.27. The van der Waals surface area contributed by atoms with Crippen LogP contribution in [0.5, 0.6) is 0 Å². The molecular formula is C16H20F3N5O3S2. The van der Waals surface area contributed by atoms with Crippen molar-refractivity contribution in [3.05, 3.63) is 30.1 Å². The van der Waals surface area contributed by atoms with Gasteiger partial charge >= 0.3 is 6.18 Å². The Morgan fingerprint density at radius 3 is 2.21 bits per heavy atom. The molecule has 0 bridgehead atoms. The van der Waals surface area contributed by atoms with Gasteiger partial charge in [0.1, 0.15) is 0 Å². The first kappa shape index (κ1) is 23.2. The van der Waals surface area contributed by atoms with Gasteiger partial charge in [-0.1, -0.05) is 11.8 Å². The normalized spacial score (nSPS) is 13.5. The molecule has 1 heterocycles. The van der Waals surface area contributed by atoms with Crippen molar-refractivity contribution in [1.82, 2.24) is 19.5 Å². The van der Waals surface area contributed by atoms with E-state index < -0.39 is 33.2 Å². The Labute approximate surface area is 170 Å². The van der Waals surface area contributed by atoms with Gasteiger partial charge in [-0.15, -0.1) is 10.2 Å². The number of thioether (sulfide) groups is 1. The SMILES string of the molecule is CC(C)NS(=O)(=O)c1ccc(NC(=O)C(C)Sc2nnc(C(F)(F)F)n2C)cc1. The lowest BCUT2D eigenvalue weighted by Gasteiger charge is -2.13. The predicted molar refractivity (Wildman–Crippen MR) is 102 cm³/mol. The van der Waals surface area contributed by atoms with Crippen molar-refractivity contribution >= 4 is 33.4 Å². The maximum absolute atomic E-state index is 12.8. The highest BCUT2D eigenvalue weighted by Gasteiger charge is 2.37. The van der Waals surface area contributed by atoms with Crippen LogP contribution in [0.15, 0.2) is 34.3 Å². The molecule has 0 fully saturated rings. The number of amides is 1. The second-order valence-corrected chi connectivity index (χ2v) is 9.43. The van der Waals surface area contributed by atoms with Gasteiger partial charge in [-0.2, -0.15) is 13.2 Å². The number of carbonyl (C=O) groups excluding carboxylic acids is 1. The number of benzene rings is 1. The highest BCUT2D eigenvalue weighted by molar-refractivity contribution is 8.00. The van der Waals surface area contributed by atoms with Crippen LogP contribution in [0.4, 0.5) is 18.9 Å². The number of nitrogens with zero attached hydrogens (tertiary/aromatic N) is 3. The van der Waals surface area contributed by atoms with E-state index in [4.69, 9.17) is 0 Å². The van der Waals surface area contributed by atoms with E-state index in [1.165, 1.54) is 38.2 Å². The van der Waals surface area contributed by atoms with E-state index >= 15 is 0 Å². The Bertz CT molecular complexity index is 973. The quantitative estimate of drug-likeness (QED) is 0.627. The number of nitrogens with one attached hydrogen (secondary N) is 2. The fourth-order valence-electron chi connectivity index (χ4n) is 2.22. The maximum atomic E-state index is 12.8. The van der Waals surface area contributed by atoms with Gasteiger partial charge in [0.25, 0.3) is 0 Å². The fraction of sp³-hybridized carbons (Fsp3) is 0.438. The van der Waals surface area contributed by atoms with Gasteiger partial charge in [0.2, 0.25) is 21.8 Å². The molecule has 0 radical (unpaired) electrons. The number of anilines is 1. The summed E-state index contributed by atoms with van der Waals surface area (Å²) in [6.45, 7) is 4.90. The Hall–Kier alpha value is -2.12. The lowest BCUT2D eigenvalue weighted by Crippen LogP contribution is -2.30.